The lowest BCUT2D eigenvalue weighted by Crippen LogP contribution is -2.22. The van der Waals surface area contributed by atoms with E-state index >= 15 is 0 Å². The molecule has 9 heavy (non-hydrogen) atoms. The molecule has 1 rings (SSSR count). The van der Waals surface area contributed by atoms with E-state index < -0.39 is 0 Å². The van der Waals surface area contributed by atoms with Gasteiger partial charge in [0.25, 0.3) is 0 Å². The van der Waals surface area contributed by atoms with E-state index in [9.17, 15) is 0 Å². The van der Waals surface area contributed by atoms with Crippen LogP contribution in [-0.4, -0.2) is 23.7 Å². The van der Waals surface area contributed by atoms with Gasteiger partial charge in [-0.15, -0.1) is 12.3 Å². The van der Waals surface area contributed by atoms with E-state index in [1.807, 2.05) is 11.9 Å². The van der Waals surface area contributed by atoms with Gasteiger partial charge in [0.1, 0.15) is 0 Å². The van der Waals surface area contributed by atoms with Crippen LogP contribution in [0.4, 0.5) is 0 Å². The summed E-state index contributed by atoms with van der Waals surface area (Å²) >= 11 is 1.84. The molecule has 0 spiro atoms. The Hall–Kier alpha value is -0.130. The van der Waals surface area contributed by atoms with Crippen LogP contribution >= 0.6 is 11.9 Å². The van der Waals surface area contributed by atoms with Crippen molar-refractivity contribution in [1.82, 2.24) is 4.31 Å². The highest BCUT2D eigenvalue weighted by Gasteiger charge is 2.13. The first kappa shape index (κ1) is 6.98. The number of hydrogen-bond acceptors (Lipinski definition) is 2. The number of terminal acetylenes is 1. The molecule has 0 aliphatic carbocycles. The summed E-state index contributed by atoms with van der Waals surface area (Å²) in [6.07, 6.45) is 6.43. The summed E-state index contributed by atoms with van der Waals surface area (Å²) in [5.41, 5.74) is 0. The van der Waals surface area contributed by atoms with Crippen molar-refractivity contribution in [2.75, 3.05) is 19.3 Å². The van der Waals surface area contributed by atoms with Crippen molar-refractivity contribution in [3.8, 4) is 12.3 Å². The van der Waals surface area contributed by atoms with Crippen LogP contribution in [0.3, 0.4) is 0 Å². The fourth-order valence-corrected chi connectivity index (χ4v) is 1.77. The van der Waals surface area contributed by atoms with Gasteiger partial charge in [0.05, 0.1) is 0 Å². The Bertz CT molecular complexity index is 119. The second-order valence-corrected chi connectivity index (χ2v) is 3.51. The van der Waals surface area contributed by atoms with Gasteiger partial charge in [-0.1, -0.05) is 11.9 Å². The number of rotatable bonds is 0. The third-order valence-corrected chi connectivity index (χ3v) is 2.70. The van der Waals surface area contributed by atoms with E-state index in [-0.39, 0.29) is 0 Å². The highest BCUT2D eigenvalue weighted by atomic mass is 32.2. The van der Waals surface area contributed by atoms with Gasteiger partial charge in [-0.25, -0.2) is 0 Å². The first-order chi connectivity index (χ1) is 4.33. The predicted octanol–water partition coefficient (Wildman–Crippen LogP) is 1.22. The van der Waals surface area contributed by atoms with Crippen molar-refractivity contribution < 1.29 is 0 Å². The van der Waals surface area contributed by atoms with Gasteiger partial charge in [-0.05, 0) is 13.5 Å². The molecule has 1 heterocycles. The van der Waals surface area contributed by atoms with E-state index in [1.165, 1.54) is 6.42 Å². The minimum Gasteiger partial charge on any atom is -0.254 e. The van der Waals surface area contributed by atoms with Gasteiger partial charge in [0.2, 0.25) is 0 Å². The van der Waals surface area contributed by atoms with Crippen molar-refractivity contribution in [1.29, 1.82) is 0 Å². The first-order valence-corrected chi connectivity index (χ1v) is 4.07. The molecular weight excluding hydrogens is 130 g/mol. The summed E-state index contributed by atoms with van der Waals surface area (Å²) in [4.78, 5) is 0. The lowest BCUT2D eigenvalue weighted by atomic mass is 10.1. The van der Waals surface area contributed by atoms with E-state index in [1.54, 1.807) is 0 Å². The Morgan fingerprint density at radius 2 is 2.56 bits per heavy atom. The molecule has 1 fully saturated rings. The zero-order valence-corrected chi connectivity index (χ0v) is 6.45. The van der Waals surface area contributed by atoms with Gasteiger partial charge in [-0.2, -0.15) is 0 Å². The fraction of sp³-hybridized carbons (Fsp3) is 0.714. The summed E-state index contributed by atoms with van der Waals surface area (Å²) in [5.74, 6) is 4.40. The zero-order chi connectivity index (χ0) is 6.69. The van der Waals surface area contributed by atoms with Gasteiger partial charge in [0.15, 0.2) is 0 Å². The van der Waals surface area contributed by atoms with E-state index in [2.05, 4.69) is 17.3 Å². The molecule has 50 valence electrons. The van der Waals surface area contributed by atoms with Gasteiger partial charge < -0.3 is 0 Å². The van der Waals surface area contributed by atoms with E-state index in [0.29, 0.717) is 5.92 Å². The van der Waals surface area contributed by atoms with Crippen LogP contribution in [0.2, 0.25) is 0 Å². The Morgan fingerprint density at radius 1 is 1.78 bits per heavy atom. The normalized spacial score (nSPS) is 29.6. The predicted molar refractivity (Wildman–Crippen MR) is 42.0 cm³/mol. The topological polar surface area (TPSA) is 3.24 Å². The second-order valence-electron chi connectivity index (χ2n) is 2.30. The zero-order valence-electron chi connectivity index (χ0n) is 5.63. The van der Waals surface area contributed by atoms with E-state index in [4.69, 9.17) is 6.42 Å². The molecule has 0 aromatic heterocycles. The Labute approximate surface area is 60.9 Å². The summed E-state index contributed by atoms with van der Waals surface area (Å²) in [6, 6.07) is 0. The first-order valence-electron chi connectivity index (χ1n) is 3.13. The molecule has 0 aromatic rings. The maximum absolute atomic E-state index is 5.27. The Balaban J connectivity index is 2.28. The highest BCUT2D eigenvalue weighted by Crippen LogP contribution is 2.21. The summed E-state index contributed by atoms with van der Waals surface area (Å²) in [5, 5.41) is 0. The largest absolute Gasteiger partial charge is 0.254 e. The van der Waals surface area contributed by atoms with Crippen molar-refractivity contribution in [2.24, 2.45) is 5.92 Å². The minimum atomic E-state index is 0.520. The summed E-state index contributed by atoms with van der Waals surface area (Å²) in [7, 11) is 2.11. The van der Waals surface area contributed by atoms with Crippen LogP contribution in [0, 0.1) is 18.3 Å². The summed E-state index contributed by atoms with van der Waals surface area (Å²) in [6.45, 7) is 1.14. The molecule has 0 radical (unpaired) electrons. The second kappa shape index (κ2) is 3.14. The van der Waals surface area contributed by atoms with Gasteiger partial charge >= 0.3 is 0 Å². The quantitative estimate of drug-likeness (QED) is 0.368. The van der Waals surface area contributed by atoms with Crippen LogP contribution in [0.5, 0.6) is 0 Å². The third kappa shape index (κ3) is 1.92. The van der Waals surface area contributed by atoms with Crippen LogP contribution in [-0.2, 0) is 0 Å². The lowest BCUT2D eigenvalue weighted by molar-refractivity contribution is 0.478. The molecule has 1 aliphatic rings. The van der Waals surface area contributed by atoms with Crippen molar-refractivity contribution in [3.63, 3.8) is 0 Å². The summed E-state index contributed by atoms with van der Waals surface area (Å²) < 4.78 is 2.24. The average Bonchev–Trinajstić information content (AvgIpc) is 1.90. The maximum Gasteiger partial charge on any atom is 0.0316 e. The smallest absolute Gasteiger partial charge is 0.0316 e. The van der Waals surface area contributed by atoms with Crippen molar-refractivity contribution in [2.45, 2.75) is 6.42 Å². The standard InChI is InChI=1S/C7H11NS/c1-3-7-4-5-8(2)9-6-7/h1,7H,4-6H2,2H3. The lowest BCUT2D eigenvalue weighted by Gasteiger charge is -2.24. The highest BCUT2D eigenvalue weighted by molar-refractivity contribution is 7.97. The molecule has 1 unspecified atom stereocenters. The van der Waals surface area contributed by atoms with Crippen LogP contribution < -0.4 is 0 Å². The third-order valence-electron chi connectivity index (χ3n) is 1.52. The average molecular weight is 141 g/mol. The van der Waals surface area contributed by atoms with Gasteiger partial charge in [-0.3, -0.25) is 4.31 Å². The number of nitrogens with zero attached hydrogens (tertiary/aromatic N) is 1. The molecule has 0 bridgehead atoms. The fourth-order valence-electron chi connectivity index (χ4n) is 0.834. The molecule has 1 atom stereocenters. The van der Waals surface area contributed by atoms with Crippen LogP contribution in [0.1, 0.15) is 6.42 Å². The molecule has 2 heteroatoms. The maximum atomic E-state index is 5.27. The molecule has 1 nitrogen and oxygen atoms in total. The molecule has 1 aliphatic heterocycles. The minimum absolute atomic E-state index is 0.520. The van der Waals surface area contributed by atoms with Crippen LogP contribution in [0.25, 0.3) is 0 Å². The molecule has 0 N–H and O–H groups in total. The van der Waals surface area contributed by atoms with Crippen molar-refractivity contribution in [3.05, 3.63) is 0 Å². The molecule has 0 aromatic carbocycles. The van der Waals surface area contributed by atoms with E-state index in [0.717, 1.165) is 12.3 Å². The SMILES string of the molecule is C#CC1CCN(C)SC1. The van der Waals surface area contributed by atoms with Gasteiger partial charge in [0, 0.05) is 18.2 Å². The molecule has 0 amide bonds. The molecule has 0 saturated carbocycles. The van der Waals surface area contributed by atoms with Crippen molar-refractivity contribution >= 4 is 11.9 Å². The van der Waals surface area contributed by atoms with Crippen LogP contribution in [0.15, 0.2) is 0 Å². The molecular formula is C7H11NS. The molecule has 1 saturated heterocycles. The Morgan fingerprint density at radius 3 is 3.00 bits per heavy atom. The Kier molecular flexibility index (Phi) is 2.44. The number of hydrogen-bond donors (Lipinski definition) is 0. The monoisotopic (exact) mass is 141 g/mol.